The molecular weight excluding hydrogens is 403 g/mol. The predicted molar refractivity (Wildman–Crippen MR) is 116 cm³/mol. The Morgan fingerprint density at radius 3 is 2.44 bits per heavy atom. The van der Waals surface area contributed by atoms with Crippen molar-refractivity contribution < 1.29 is 0 Å². The quantitative estimate of drug-likeness (QED) is 0.454. The summed E-state index contributed by atoms with van der Waals surface area (Å²) in [7, 11) is 0. The molecule has 4 rings (SSSR count). The van der Waals surface area contributed by atoms with Crippen LogP contribution in [0.25, 0.3) is 22.3 Å². The van der Waals surface area contributed by atoms with Crippen LogP contribution in [0, 0.1) is 0 Å². The zero-order chi connectivity index (χ0) is 17.1. The topological polar surface area (TPSA) is 50.7 Å². The maximum absolute atomic E-state index is 6.17. The van der Waals surface area contributed by atoms with Gasteiger partial charge in [0.05, 0.1) is 5.52 Å². The van der Waals surface area contributed by atoms with Crippen molar-refractivity contribution in [1.29, 1.82) is 0 Å². The lowest BCUT2D eigenvalue weighted by Gasteiger charge is -2.11. The summed E-state index contributed by atoms with van der Waals surface area (Å²) in [5, 5.41) is 4.97. The Kier molecular flexibility index (Phi) is 7.36. The molecule has 1 N–H and O–H groups in total. The molecule has 0 saturated heterocycles. The first-order valence-electron chi connectivity index (χ1n) is 7.95. The van der Waals surface area contributed by atoms with Crippen molar-refractivity contribution >= 4 is 53.1 Å². The molecule has 0 unspecified atom stereocenters. The highest BCUT2D eigenvalue weighted by Crippen LogP contribution is 2.27. The Morgan fingerprint density at radius 2 is 1.70 bits per heavy atom. The van der Waals surface area contributed by atoms with Gasteiger partial charge < -0.3 is 5.32 Å². The van der Waals surface area contributed by atoms with E-state index in [2.05, 4.69) is 27.4 Å². The molecule has 0 radical (unpaired) electrons. The minimum absolute atomic E-state index is 0. The zero-order valence-electron chi connectivity index (χ0n) is 14.2. The van der Waals surface area contributed by atoms with Crippen LogP contribution in [-0.4, -0.2) is 15.0 Å². The molecule has 0 spiro atoms. The second-order valence-corrected chi connectivity index (χ2v) is 6.07. The summed E-state index contributed by atoms with van der Waals surface area (Å²) in [6.07, 6.45) is 3.50. The number of nitrogens with zero attached hydrogens (tertiary/aromatic N) is 3. The number of rotatable bonds is 4. The molecule has 0 aliphatic heterocycles. The summed E-state index contributed by atoms with van der Waals surface area (Å²) in [5.41, 5.74) is 2.90. The van der Waals surface area contributed by atoms with Crippen molar-refractivity contribution in [2.75, 3.05) is 5.32 Å². The third kappa shape index (κ3) is 4.86. The number of benzene rings is 2. The van der Waals surface area contributed by atoms with Gasteiger partial charge in [-0.2, -0.15) is 0 Å². The van der Waals surface area contributed by atoms with Gasteiger partial charge in [-0.05, 0) is 35.9 Å². The first-order chi connectivity index (χ1) is 12.3. The highest BCUT2D eigenvalue weighted by atomic mass is 35.5. The van der Waals surface area contributed by atoms with Gasteiger partial charge in [-0.1, -0.05) is 41.9 Å². The average Bonchev–Trinajstić information content (AvgIpc) is 2.67. The van der Waals surface area contributed by atoms with E-state index in [1.807, 2.05) is 48.5 Å². The second-order valence-electron chi connectivity index (χ2n) is 5.64. The van der Waals surface area contributed by atoms with Crippen LogP contribution in [0.1, 0.15) is 5.56 Å². The minimum Gasteiger partial charge on any atom is -0.365 e. The summed E-state index contributed by atoms with van der Waals surface area (Å²) in [5.74, 6) is 1.40. The molecule has 4 aromatic rings. The fourth-order valence-corrected chi connectivity index (χ4v) is 2.81. The van der Waals surface area contributed by atoms with Crippen LogP contribution in [0.3, 0.4) is 0 Å². The number of hydrogen-bond acceptors (Lipinski definition) is 4. The molecule has 0 atom stereocenters. The lowest BCUT2D eigenvalue weighted by Crippen LogP contribution is -2.04. The maximum Gasteiger partial charge on any atom is 0.163 e. The number of nitrogens with one attached hydrogen (secondary N) is 1. The molecule has 27 heavy (non-hydrogen) atoms. The number of aromatic nitrogens is 3. The number of pyridine rings is 1. The highest BCUT2D eigenvalue weighted by molar-refractivity contribution is 6.31. The third-order valence-corrected chi connectivity index (χ3v) is 4.12. The van der Waals surface area contributed by atoms with Crippen LogP contribution in [-0.2, 0) is 6.54 Å². The number of halogens is 3. The molecule has 0 aliphatic rings. The van der Waals surface area contributed by atoms with Crippen molar-refractivity contribution in [3.05, 3.63) is 83.6 Å². The van der Waals surface area contributed by atoms with E-state index >= 15 is 0 Å². The molecule has 4 nitrogen and oxygen atoms in total. The molecule has 0 bridgehead atoms. The normalized spacial score (nSPS) is 9.96. The minimum atomic E-state index is 0. The largest absolute Gasteiger partial charge is 0.365 e. The summed E-state index contributed by atoms with van der Waals surface area (Å²) in [6.45, 7) is 0.673. The SMILES string of the molecule is Cl.Cl.Clc1ccc2nc(-c3cccnc3)nc(NCc3ccccc3)c2c1. The van der Waals surface area contributed by atoms with Crippen molar-refractivity contribution in [2.24, 2.45) is 0 Å². The molecule has 2 heterocycles. The van der Waals surface area contributed by atoms with E-state index in [0.29, 0.717) is 17.4 Å². The van der Waals surface area contributed by atoms with Gasteiger partial charge >= 0.3 is 0 Å². The molecule has 0 fully saturated rings. The molecule has 0 saturated carbocycles. The van der Waals surface area contributed by atoms with E-state index in [1.54, 1.807) is 12.4 Å². The maximum atomic E-state index is 6.17. The standard InChI is InChI=1S/C20H15ClN4.2ClH/c21-16-8-9-18-17(11-16)20(23-12-14-5-2-1-3-6-14)25-19(24-18)15-7-4-10-22-13-15;;/h1-11,13H,12H2,(H,23,24,25);2*1H. The van der Waals surface area contributed by atoms with Gasteiger partial charge in [0.15, 0.2) is 5.82 Å². The average molecular weight is 420 g/mol. The van der Waals surface area contributed by atoms with Crippen LogP contribution in [0.15, 0.2) is 73.1 Å². The van der Waals surface area contributed by atoms with Crippen LogP contribution in [0.4, 0.5) is 5.82 Å². The van der Waals surface area contributed by atoms with Gasteiger partial charge in [-0.3, -0.25) is 4.98 Å². The Bertz CT molecular complexity index is 1010. The van der Waals surface area contributed by atoms with Crippen LogP contribution in [0.2, 0.25) is 5.02 Å². The molecular formula is C20H17Cl3N4. The van der Waals surface area contributed by atoms with Gasteiger partial charge in [-0.15, -0.1) is 24.8 Å². The van der Waals surface area contributed by atoms with Crippen molar-refractivity contribution in [3.63, 3.8) is 0 Å². The molecule has 138 valence electrons. The lowest BCUT2D eigenvalue weighted by atomic mass is 10.2. The fourth-order valence-electron chi connectivity index (χ4n) is 2.64. The Morgan fingerprint density at radius 1 is 0.889 bits per heavy atom. The van der Waals surface area contributed by atoms with Crippen LogP contribution < -0.4 is 5.32 Å². The number of anilines is 1. The first kappa shape index (κ1) is 20.9. The molecule has 2 aromatic heterocycles. The summed E-state index contributed by atoms with van der Waals surface area (Å²) < 4.78 is 0. The first-order valence-corrected chi connectivity index (χ1v) is 8.33. The van der Waals surface area contributed by atoms with Crippen LogP contribution in [0.5, 0.6) is 0 Å². The fraction of sp³-hybridized carbons (Fsp3) is 0.0500. The van der Waals surface area contributed by atoms with E-state index in [4.69, 9.17) is 16.6 Å². The third-order valence-electron chi connectivity index (χ3n) is 3.88. The van der Waals surface area contributed by atoms with Crippen molar-refractivity contribution in [2.45, 2.75) is 6.54 Å². The summed E-state index contributed by atoms with van der Waals surface area (Å²) in [4.78, 5) is 13.5. The number of hydrogen-bond donors (Lipinski definition) is 1. The second kappa shape index (κ2) is 9.51. The summed E-state index contributed by atoms with van der Waals surface area (Å²) in [6, 6.07) is 19.7. The van der Waals surface area contributed by atoms with Crippen molar-refractivity contribution in [1.82, 2.24) is 15.0 Å². The van der Waals surface area contributed by atoms with Gasteiger partial charge in [-0.25, -0.2) is 9.97 Å². The predicted octanol–water partition coefficient (Wildman–Crippen LogP) is 5.80. The van der Waals surface area contributed by atoms with Gasteiger partial charge in [0.1, 0.15) is 5.82 Å². The van der Waals surface area contributed by atoms with Gasteiger partial charge in [0, 0.05) is 34.9 Å². The van der Waals surface area contributed by atoms with E-state index in [1.165, 1.54) is 5.56 Å². The molecule has 0 aliphatic carbocycles. The smallest absolute Gasteiger partial charge is 0.163 e. The van der Waals surface area contributed by atoms with E-state index in [0.717, 1.165) is 22.3 Å². The highest BCUT2D eigenvalue weighted by Gasteiger charge is 2.10. The molecule has 2 aromatic carbocycles. The summed E-state index contributed by atoms with van der Waals surface area (Å²) >= 11 is 6.17. The molecule has 0 amide bonds. The van der Waals surface area contributed by atoms with Crippen LogP contribution >= 0.6 is 36.4 Å². The van der Waals surface area contributed by atoms with E-state index < -0.39 is 0 Å². The van der Waals surface area contributed by atoms with E-state index in [-0.39, 0.29) is 24.8 Å². The van der Waals surface area contributed by atoms with Gasteiger partial charge in [0.25, 0.3) is 0 Å². The lowest BCUT2D eigenvalue weighted by molar-refractivity contribution is 1.10. The van der Waals surface area contributed by atoms with E-state index in [9.17, 15) is 0 Å². The van der Waals surface area contributed by atoms with Crippen molar-refractivity contribution in [3.8, 4) is 11.4 Å². The molecule has 7 heteroatoms. The Balaban J connectivity index is 0.00000131. The zero-order valence-corrected chi connectivity index (χ0v) is 16.6. The Hall–Kier alpha value is -2.40. The van der Waals surface area contributed by atoms with Gasteiger partial charge in [0.2, 0.25) is 0 Å². The number of fused-ring (bicyclic) bond motifs is 1. The monoisotopic (exact) mass is 418 g/mol. The Labute approximate surface area is 174 Å².